The molecule has 0 atom stereocenters. The van der Waals surface area contributed by atoms with Crippen LogP contribution < -0.4 is 4.90 Å². The molecule has 0 amide bonds. The lowest BCUT2D eigenvalue weighted by Gasteiger charge is -2.31. The minimum atomic E-state index is -4.45. The molecule has 7 heteroatoms. The molecule has 3 nitrogen and oxygen atoms in total. The number of hydrogen-bond donors (Lipinski definition) is 0. The molecule has 0 radical (unpaired) electrons. The first-order valence-electron chi connectivity index (χ1n) is 6.34. The summed E-state index contributed by atoms with van der Waals surface area (Å²) >= 11 is 5.78. The average Bonchev–Trinajstić information content (AvgIpc) is 2.45. The van der Waals surface area contributed by atoms with Crippen molar-refractivity contribution in [1.29, 1.82) is 0 Å². The van der Waals surface area contributed by atoms with Crippen LogP contribution in [0.15, 0.2) is 39.5 Å². The first kappa shape index (κ1) is 14.1. The Morgan fingerprint density at radius 2 is 1.90 bits per heavy atom. The van der Waals surface area contributed by atoms with E-state index in [4.69, 9.17) is 11.6 Å². The van der Waals surface area contributed by atoms with E-state index in [1.807, 2.05) is 4.90 Å². The van der Waals surface area contributed by atoms with E-state index in [9.17, 15) is 13.2 Å². The monoisotopic (exact) mass is 313 g/mol. The van der Waals surface area contributed by atoms with Gasteiger partial charge in [0.1, 0.15) is 6.67 Å². The fourth-order valence-electron chi connectivity index (χ4n) is 2.40. The van der Waals surface area contributed by atoms with Crippen LogP contribution in [0, 0.1) is 0 Å². The zero-order valence-electron chi connectivity index (χ0n) is 10.9. The minimum Gasteiger partial charge on any atom is -0.324 e. The molecule has 2 aliphatic rings. The molecule has 2 heterocycles. The topological polar surface area (TPSA) is 28.0 Å². The maximum atomic E-state index is 12.7. The Kier molecular flexibility index (Phi) is 3.49. The Morgan fingerprint density at radius 3 is 2.62 bits per heavy atom. The van der Waals surface area contributed by atoms with E-state index in [0.717, 1.165) is 23.8 Å². The molecule has 0 unspecified atom stereocenters. The molecular formula is C14H11ClF3N3. The van der Waals surface area contributed by atoms with Gasteiger partial charge in [0, 0.05) is 42.4 Å². The summed E-state index contributed by atoms with van der Waals surface area (Å²) in [6.07, 6.45) is -0.242. The van der Waals surface area contributed by atoms with Crippen LogP contribution in [-0.4, -0.2) is 25.6 Å². The fraction of sp³-hybridized carbons (Fsp3) is 0.286. The molecule has 110 valence electrons. The van der Waals surface area contributed by atoms with E-state index >= 15 is 0 Å². The van der Waals surface area contributed by atoms with Gasteiger partial charge in [0.25, 0.3) is 0 Å². The zero-order chi connectivity index (χ0) is 15.0. The predicted molar refractivity (Wildman–Crippen MR) is 77.3 cm³/mol. The number of anilines is 1. The summed E-state index contributed by atoms with van der Waals surface area (Å²) < 4.78 is 38.2. The van der Waals surface area contributed by atoms with Crippen LogP contribution in [0.25, 0.3) is 0 Å². The van der Waals surface area contributed by atoms with Crippen LogP contribution in [0.1, 0.15) is 12.0 Å². The predicted octanol–water partition coefficient (Wildman–Crippen LogP) is 3.94. The van der Waals surface area contributed by atoms with Gasteiger partial charge >= 0.3 is 6.18 Å². The summed E-state index contributed by atoms with van der Waals surface area (Å²) in [7, 11) is 0. The van der Waals surface area contributed by atoms with Gasteiger partial charge in [0.15, 0.2) is 0 Å². The van der Waals surface area contributed by atoms with Crippen molar-refractivity contribution in [3.63, 3.8) is 0 Å². The van der Waals surface area contributed by atoms with Gasteiger partial charge in [-0.3, -0.25) is 9.98 Å². The summed E-state index contributed by atoms with van der Waals surface area (Å²) in [5.41, 5.74) is 1.68. The molecule has 21 heavy (non-hydrogen) atoms. The smallest absolute Gasteiger partial charge is 0.324 e. The Labute approximate surface area is 124 Å². The molecule has 0 aromatic heterocycles. The standard InChI is InChI=1S/C14H11ClF3N3/c15-12-5-10(1-2-11(12)14(16,17)18)21-8-20-7-9-6-19-4-3-13(9)21/h1-2,5-7H,3-4,8H2. The van der Waals surface area contributed by atoms with Gasteiger partial charge in [-0.25, -0.2) is 0 Å². The number of rotatable bonds is 1. The molecule has 3 rings (SSSR count). The van der Waals surface area contributed by atoms with Gasteiger partial charge in [0.05, 0.1) is 10.6 Å². The van der Waals surface area contributed by atoms with Crippen LogP contribution >= 0.6 is 11.6 Å². The van der Waals surface area contributed by atoms with Gasteiger partial charge in [-0.05, 0) is 18.2 Å². The van der Waals surface area contributed by atoms with Crippen molar-refractivity contribution in [2.24, 2.45) is 9.98 Å². The second kappa shape index (κ2) is 5.18. The van der Waals surface area contributed by atoms with E-state index in [2.05, 4.69) is 9.98 Å². The number of allylic oxidation sites excluding steroid dienone is 1. The molecular weight excluding hydrogens is 303 g/mol. The van der Waals surface area contributed by atoms with Gasteiger partial charge in [0.2, 0.25) is 0 Å². The van der Waals surface area contributed by atoms with Gasteiger partial charge < -0.3 is 4.90 Å². The van der Waals surface area contributed by atoms with E-state index in [-0.39, 0.29) is 5.02 Å². The number of dihydropyridines is 1. The first-order valence-corrected chi connectivity index (χ1v) is 6.72. The van der Waals surface area contributed by atoms with E-state index in [1.54, 1.807) is 12.4 Å². The number of benzene rings is 1. The van der Waals surface area contributed by atoms with Gasteiger partial charge in [-0.2, -0.15) is 13.2 Å². The molecule has 0 aliphatic carbocycles. The van der Waals surface area contributed by atoms with E-state index < -0.39 is 11.7 Å². The highest BCUT2D eigenvalue weighted by molar-refractivity contribution is 6.31. The number of hydrogen-bond acceptors (Lipinski definition) is 3. The summed E-state index contributed by atoms with van der Waals surface area (Å²) in [5.74, 6) is 0. The lowest BCUT2D eigenvalue weighted by Crippen LogP contribution is -2.30. The lowest BCUT2D eigenvalue weighted by molar-refractivity contribution is -0.137. The third-order valence-corrected chi connectivity index (χ3v) is 3.70. The highest BCUT2D eigenvalue weighted by atomic mass is 35.5. The van der Waals surface area contributed by atoms with Crippen molar-refractivity contribution >= 4 is 29.7 Å². The van der Waals surface area contributed by atoms with Crippen molar-refractivity contribution in [2.45, 2.75) is 12.6 Å². The average molecular weight is 314 g/mol. The fourth-order valence-corrected chi connectivity index (χ4v) is 2.68. The maximum Gasteiger partial charge on any atom is 0.417 e. The molecule has 1 aromatic carbocycles. The third kappa shape index (κ3) is 2.68. The van der Waals surface area contributed by atoms with Crippen LogP contribution in [0.5, 0.6) is 0 Å². The molecule has 0 saturated heterocycles. The Hall–Kier alpha value is -1.82. The molecule has 2 aliphatic heterocycles. The highest BCUT2D eigenvalue weighted by Gasteiger charge is 2.33. The Morgan fingerprint density at radius 1 is 1.14 bits per heavy atom. The largest absolute Gasteiger partial charge is 0.417 e. The van der Waals surface area contributed by atoms with Crippen molar-refractivity contribution in [2.75, 3.05) is 18.1 Å². The van der Waals surface area contributed by atoms with Crippen molar-refractivity contribution < 1.29 is 13.2 Å². The summed E-state index contributed by atoms with van der Waals surface area (Å²) in [5, 5.41) is -0.304. The Balaban J connectivity index is 1.98. The number of halogens is 4. The molecule has 0 spiro atoms. The normalized spacial score (nSPS) is 18.2. The second-order valence-corrected chi connectivity index (χ2v) is 5.14. The van der Waals surface area contributed by atoms with Crippen molar-refractivity contribution in [3.05, 3.63) is 40.1 Å². The molecule has 0 bridgehead atoms. The highest BCUT2D eigenvalue weighted by Crippen LogP contribution is 2.37. The molecule has 1 aromatic rings. The van der Waals surface area contributed by atoms with E-state index in [1.165, 1.54) is 12.1 Å². The molecule has 0 N–H and O–H groups in total. The van der Waals surface area contributed by atoms with E-state index in [0.29, 0.717) is 18.9 Å². The summed E-state index contributed by atoms with van der Waals surface area (Å²) in [6.45, 7) is 1.03. The second-order valence-electron chi connectivity index (χ2n) is 4.73. The SMILES string of the molecule is FC(F)(F)c1ccc(N2CN=CC3=C2CCN=C3)cc1Cl. The van der Waals surface area contributed by atoms with Crippen molar-refractivity contribution in [1.82, 2.24) is 0 Å². The zero-order valence-corrected chi connectivity index (χ0v) is 11.6. The lowest BCUT2D eigenvalue weighted by atomic mass is 10.1. The minimum absolute atomic E-state index is 0.304. The summed E-state index contributed by atoms with van der Waals surface area (Å²) in [6, 6.07) is 3.76. The van der Waals surface area contributed by atoms with Crippen LogP contribution in [0.3, 0.4) is 0 Å². The maximum absolute atomic E-state index is 12.7. The van der Waals surface area contributed by atoms with Crippen LogP contribution in [0.4, 0.5) is 18.9 Å². The third-order valence-electron chi connectivity index (χ3n) is 3.39. The quantitative estimate of drug-likeness (QED) is 0.772. The van der Waals surface area contributed by atoms with Crippen LogP contribution in [-0.2, 0) is 6.18 Å². The first-order chi connectivity index (χ1) is 9.97. The number of alkyl halides is 3. The number of nitrogens with zero attached hydrogens (tertiary/aromatic N) is 3. The van der Waals surface area contributed by atoms with Gasteiger partial charge in [-0.1, -0.05) is 11.6 Å². The Bertz CT molecular complexity index is 658. The summed E-state index contributed by atoms with van der Waals surface area (Å²) in [4.78, 5) is 10.3. The number of aliphatic imine (C=N–C) groups is 2. The van der Waals surface area contributed by atoms with Gasteiger partial charge in [-0.15, -0.1) is 0 Å². The van der Waals surface area contributed by atoms with Crippen LogP contribution in [0.2, 0.25) is 5.02 Å². The van der Waals surface area contributed by atoms with Crippen molar-refractivity contribution in [3.8, 4) is 0 Å². The molecule has 0 fully saturated rings. The molecule has 0 saturated carbocycles.